The van der Waals surface area contributed by atoms with Crippen molar-refractivity contribution >= 4 is 15.7 Å². The van der Waals surface area contributed by atoms with Gasteiger partial charge in [0.2, 0.25) is 0 Å². The molecule has 3 heterocycles. The van der Waals surface area contributed by atoms with Crippen molar-refractivity contribution in [1.29, 1.82) is 0 Å². The Hall–Kier alpha value is -2.45. The van der Waals surface area contributed by atoms with Crippen molar-refractivity contribution in [1.82, 2.24) is 9.29 Å². The molecule has 26 heavy (non-hydrogen) atoms. The molecular formula is C18H19N5O2S. The summed E-state index contributed by atoms with van der Waals surface area (Å²) >= 11 is 0. The minimum atomic E-state index is -3.72. The van der Waals surface area contributed by atoms with E-state index in [1.54, 1.807) is 12.1 Å². The number of sulfonamides is 1. The van der Waals surface area contributed by atoms with Crippen molar-refractivity contribution in [2.24, 2.45) is 15.4 Å². The Kier molecular flexibility index (Phi) is 4.60. The molecule has 4 rings (SSSR count). The third-order valence-electron chi connectivity index (χ3n) is 4.67. The van der Waals surface area contributed by atoms with Crippen LogP contribution in [0.4, 0.5) is 0 Å². The first-order valence-electron chi connectivity index (χ1n) is 8.64. The lowest BCUT2D eigenvalue weighted by Crippen LogP contribution is -2.48. The molecule has 2 aromatic rings. The van der Waals surface area contributed by atoms with Crippen molar-refractivity contribution in [2.75, 3.05) is 13.1 Å². The zero-order chi connectivity index (χ0) is 18.0. The van der Waals surface area contributed by atoms with E-state index < -0.39 is 10.0 Å². The largest absolute Gasteiger partial charge is 0.261 e. The summed E-state index contributed by atoms with van der Waals surface area (Å²) in [7, 11) is -3.72. The molecule has 2 aliphatic heterocycles. The highest BCUT2D eigenvalue weighted by Gasteiger charge is 2.37. The highest BCUT2D eigenvalue weighted by atomic mass is 32.2. The van der Waals surface area contributed by atoms with Crippen LogP contribution in [-0.4, -0.2) is 42.6 Å². The van der Waals surface area contributed by atoms with Gasteiger partial charge in [0.25, 0.3) is 10.0 Å². The summed E-state index contributed by atoms with van der Waals surface area (Å²) in [4.78, 5) is 4.43. The third kappa shape index (κ3) is 3.17. The molecule has 0 N–H and O–H groups in total. The summed E-state index contributed by atoms with van der Waals surface area (Å²) < 4.78 is 28.1. The van der Waals surface area contributed by atoms with Crippen LogP contribution in [0.25, 0.3) is 11.3 Å². The number of aromatic nitrogens is 1. The molecule has 1 fully saturated rings. The minimum absolute atomic E-state index is 0.0678. The van der Waals surface area contributed by atoms with E-state index in [0.29, 0.717) is 24.5 Å². The van der Waals surface area contributed by atoms with Crippen LogP contribution in [0, 0.1) is 0 Å². The van der Waals surface area contributed by atoms with Gasteiger partial charge in [0.05, 0.1) is 17.4 Å². The Morgan fingerprint density at radius 2 is 1.85 bits per heavy atom. The van der Waals surface area contributed by atoms with Gasteiger partial charge in [-0.3, -0.25) is 0 Å². The summed E-state index contributed by atoms with van der Waals surface area (Å²) in [6.07, 6.45) is 2.53. The molecule has 0 radical (unpaired) electrons. The van der Waals surface area contributed by atoms with Crippen molar-refractivity contribution in [3.63, 3.8) is 0 Å². The standard InChI is InChI=1S/C18H19N5O2S/c24-26(25,23-12-5-4-10-17(23)16-13-19-22-21-16)18-11-6-9-15(20-18)14-7-2-1-3-8-14/h1-3,6-9,11,17H,4-5,10,12-13H2/t17-/m0/s1. The molecule has 0 amide bonds. The monoisotopic (exact) mass is 369 g/mol. The van der Waals surface area contributed by atoms with E-state index in [0.717, 1.165) is 24.8 Å². The van der Waals surface area contributed by atoms with E-state index in [4.69, 9.17) is 0 Å². The molecule has 134 valence electrons. The minimum Gasteiger partial charge on any atom is -0.235 e. The van der Waals surface area contributed by atoms with E-state index in [1.165, 1.54) is 4.31 Å². The van der Waals surface area contributed by atoms with Gasteiger partial charge < -0.3 is 0 Å². The van der Waals surface area contributed by atoms with Crippen LogP contribution in [0.1, 0.15) is 19.3 Å². The number of nitrogens with zero attached hydrogens (tertiary/aromatic N) is 5. The lowest BCUT2D eigenvalue weighted by molar-refractivity contribution is 0.304. The molecule has 0 bridgehead atoms. The molecule has 1 aromatic carbocycles. The van der Waals surface area contributed by atoms with Crippen LogP contribution in [0.2, 0.25) is 0 Å². The van der Waals surface area contributed by atoms with Crippen LogP contribution >= 0.6 is 0 Å². The molecule has 1 atom stereocenters. The fraction of sp³-hybridized carbons (Fsp3) is 0.333. The summed E-state index contributed by atoms with van der Waals surface area (Å²) in [6.45, 7) is 0.831. The molecule has 0 unspecified atom stereocenters. The van der Waals surface area contributed by atoms with E-state index >= 15 is 0 Å². The zero-order valence-corrected chi connectivity index (χ0v) is 15.0. The predicted molar refractivity (Wildman–Crippen MR) is 98.4 cm³/mol. The first-order chi connectivity index (χ1) is 12.7. The van der Waals surface area contributed by atoms with Gasteiger partial charge in [0, 0.05) is 12.1 Å². The number of benzene rings is 1. The fourth-order valence-electron chi connectivity index (χ4n) is 3.37. The molecule has 1 saturated heterocycles. The second kappa shape index (κ2) is 7.05. The zero-order valence-electron chi connectivity index (χ0n) is 14.2. The highest BCUT2D eigenvalue weighted by molar-refractivity contribution is 7.89. The van der Waals surface area contributed by atoms with Gasteiger partial charge in [-0.15, -0.1) is 5.10 Å². The van der Waals surface area contributed by atoms with Crippen molar-refractivity contribution in [3.8, 4) is 11.3 Å². The van der Waals surface area contributed by atoms with Gasteiger partial charge in [-0.25, -0.2) is 13.4 Å². The van der Waals surface area contributed by atoms with Gasteiger partial charge in [0.1, 0.15) is 6.54 Å². The number of hydrogen-bond acceptors (Lipinski definition) is 6. The Bertz CT molecular complexity index is 957. The maximum atomic E-state index is 13.3. The second-order valence-corrected chi connectivity index (χ2v) is 8.17. The van der Waals surface area contributed by atoms with Crippen molar-refractivity contribution < 1.29 is 8.42 Å². The van der Waals surface area contributed by atoms with Gasteiger partial charge in [-0.1, -0.05) is 42.8 Å². The Morgan fingerprint density at radius 3 is 2.62 bits per heavy atom. The number of piperidine rings is 1. The molecule has 0 aliphatic carbocycles. The van der Waals surface area contributed by atoms with E-state index in [9.17, 15) is 8.42 Å². The van der Waals surface area contributed by atoms with Crippen LogP contribution < -0.4 is 0 Å². The summed E-state index contributed by atoms with van der Waals surface area (Å²) in [5.41, 5.74) is 2.24. The summed E-state index contributed by atoms with van der Waals surface area (Å²) in [5, 5.41) is 11.6. The molecule has 0 saturated carbocycles. The Morgan fingerprint density at radius 1 is 1.00 bits per heavy atom. The van der Waals surface area contributed by atoms with Gasteiger partial charge in [0.15, 0.2) is 5.03 Å². The maximum Gasteiger partial charge on any atom is 0.261 e. The Balaban J connectivity index is 1.69. The van der Waals surface area contributed by atoms with E-state index in [-0.39, 0.29) is 11.1 Å². The first-order valence-corrected chi connectivity index (χ1v) is 10.1. The van der Waals surface area contributed by atoms with E-state index in [2.05, 4.69) is 20.4 Å². The van der Waals surface area contributed by atoms with Gasteiger partial charge in [-0.05, 0) is 30.2 Å². The topological polar surface area (TPSA) is 87.4 Å². The predicted octanol–water partition coefficient (Wildman–Crippen LogP) is 3.11. The number of rotatable bonds is 4. The molecule has 0 spiro atoms. The average Bonchev–Trinajstić information content (AvgIpc) is 3.23. The van der Waals surface area contributed by atoms with E-state index in [1.807, 2.05) is 36.4 Å². The van der Waals surface area contributed by atoms with Crippen LogP contribution in [0.5, 0.6) is 0 Å². The summed E-state index contributed by atoms with van der Waals surface area (Å²) in [5.74, 6) is 0. The van der Waals surface area contributed by atoms with Crippen molar-refractivity contribution in [3.05, 3.63) is 48.5 Å². The second-order valence-electron chi connectivity index (χ2n) is 6.33. The summed E-state index contributed by atoms with van der Waals surface area (Å²) in [6, 6.07) is 14.4. The number of pyridine rings is 1. The van der Waals surface area contributed by atoms with Crippen LogP contribution in [0.3, 0.4) is 0 Å². The molecule has 7 nitrogen and oxygen atoms in total. The molecule has 1 aromatic heterocycles. The molecular weight excluding hydrogens is 350 g/mol. The fourth-order valence-corrected chi connectivity index (χ4v) is 5.01. The average molecular weight is 369 g/mol. The highest BCUT2D eigenvalue weighted by Crippen LogP contribution is 2.27. The number of hydrogen-bond donors (Lipinski definition) is 0. The quantitative estimate of drug-likeness (QED) is 0.829. The molecule has 8 heteroatoms. The SMILES string of the molecule is O=S(=O)(c1cccc(-c2ccccc2)n1)N1CCCC[C@H]1C1=NN=NC1. The maximum absolute atomic E-state index is 13.3. The van der Waals surface area contributed by atoms with Crippen LogP contribution in [0.15, 0.2) is 69.0 Å². The Labute approximate surface area is 152 Å². The first kappa shape index (κ1) is 17.0. The van der Waals surface area contributed by atoms with Gasteiger partial charge in [-0.2, -0.15) is 9.42 Å². The molecule has 2 aliphatic rings. The lowest BCUT2D eigenvalue weighted by Gasteiger charge is -2.33. The smallest absolute Gasteiger partial charge is 0.235 e. The van der Waals surface area contributed by atoms with Crippen molar-refractivity contribution in [2.45, 2.75) is 30.3 Å². The van der Waals surface area contributed by atoms with Crippen LogP contribution in [-0.2, 0) is 10.0 Å². The van der Waals surface area contributed by atoms with Gasteiger partial charge >= 0.3 is 0 Å². The normalized spacial score (nSPS) is 20.9. The lowest BCUT2D eigenvalue weighted by atomic mass is 10.0. The third-order valence-corrected chi connectivity index (χ3v) is 6.48.